The molecule has 0 saturated carbocycles. The zero-order valence-corrected chi connectivity index (χ0v) is 13.5. The molecule has 0 radical (unpaired) electrons. The number of rotatable bonds is 1. The van der Waals surface area contributed by atoms with E-state index in [1.54, 1.807) is 0 Å². The average Bonchev–Trinajstić information content (AvgIpc) is 2.95. The molecule has 0 bridgehead atoms. The second-order valence-electron chi connectivity index (χ2n) is 4.86. The second kappa shape index (κ2) is 5.42. The minimum absolute atomic E-state index is 0. The van der Waals surface area contributed by atoms with Crippen LogP contribution in [0.1, 0.15) is 0 Å². The molecule has 1 heteroatoms. The van der Waals surface area contributed by atoms with Crippen LogP contribution >= 0.6 is 0 Å². The third kappa shape index (κ3) is 2.07. The van der Waals surface area contributed by atoms with Gasteiger partial charge in [0.1, 0.15) is 0 Å². The van der Waals surface area contributed by atoms with Gasteiger partial charge in [0.15, 0.2) is 0 Å². The quantitative estimate of drug-likeness (QED) is 0.411. The summed E-state index contributed by atoms with van der Waals surface area (Å²) < 4.78 is 0. The van der Waals surface area contributed by atoms with Crippen molar-refractivity contribution in [3.63, 3.8) is 0 Å². The molecule has 0 amide bonds. The molecule has 0 nitrogen and oxygen atoms in total. The fraction of sp³-hybridized carbons (Fsp3) is 0. The van der Waals surface area contributed by atoms with Crippen LogP contribution in [0.15, 0.2) is 78.9 Å². The molecule has 0 aliphatic rings. The molecule has 0 N–H and O–H groups in total. The van der Waals surface area contributed by atoms with Gasteiger partial charge in [-0.3, -0.25) is 0 Å². The topological polar surface area (TPSA) is 0 Å². The molecule has 0 unspecified atom stereocenters. The Hall–Kier alpha value is -1.59. The summed E-state index contributed by atoms with van der Waals surface area (Å²) in [7, 11) is 0. The number of hydrogen-bond donors (Lipinski definition) is 0. The normalized spacial score (nSPS) is 10.6. The van der Waals surface area contributed by atoms with Gasteiger partial charge in [-0.15, -0.1) is 29.0 Å². The Labute approximate surface area is 137 Å². The van der Waals surface area contributed by atoms with Gasteiger partial charge in [-0.1, -0.05) is 54.1 Å². The molecule has 0 aromatic heterocycles. The maximum atomic E-state index is 2.21. The van der Waals surface area contributed by atoms with Crippen LogP contribution in [0.4, 0.5) is 0 Å². The SMILES string of the molecule is [Zr].c1ccc2c(-c3cccc4[cH-]ccc34)cccc2c1. The van der Waals surface area contributed by atoms with E-state index in [0.29, 0.717) is 0 Å². The molecule has 20 heavy (non-hydrogen) atoms. The fourth-order valence-electron chi connectivity index (χ4n) is 2.86. The van der Waals surface area contributed by atoms with Crippen LogP contribution in [-0.4, -0.2) is 0 Å². The minimum Gasteiger partial charge on any atom is -0.168 e. The summed E-state index contributed by atoms with van der Waals surface area (Å²) >= 11 is 0. The molecule has 0 heterocycles. The Bertz CT molecular complexity index is 866. The van der Waals surface area contributed by atoms with Crippen molar-refractivity contribution in [2.45, 2.75) is 0 Å². The molecule has 0 aliphatic carbocycles. The molecule has 0 spiro atoms. The Morgan fingerprint density at radius 2 is 1.30 bits per heavy atom. The predicted molar refractivity (Wildman–Crippen MR) is 82.5 cm³/mol. The van der Waals surface area contributed by atoms with Gasteiger partial charge in [0.2, 0.25) is 0 Å². The Morgan fingerprint density at radius 3 is 2.20 bits per heavy atom. The van der Waals surface area contributed by atoms with Crippen molar-refractivity contribution < 1.29 is 26.2 Å². The summed E-state index contributed by atoms with van der Waals surface area (Å²) in [4.78, 5) is 0. The van der Waals surface area contributed by atoms with Crippen molar-refractivity contribution in [1.29, 1.82) is 0 Å². The van der Waals surface area contributed by atoms with Crippen LogP contribution in [0.3, 0.4) is 0 Å². The molecule has 0 saturated heterocycles. The molecule has 4 aromatic rings. The number of hydrogen-bond acceptors (Lipinski definition) is 0. The third-order valence-corrected chi connectivity index (χ3v) is 3.76. The van der Waals surface area contributed by atoms with Crippen molar-refractivity contribution >= 4 is 21.5 Å². The van der Waals surface area contributed by atoms with Gasteiger partial charge in [0, 0.05) is 26.2 Å². The van der Waals surface area contributed by atoms with Crippen molar-refractivity contribution in [2.24, 2.45) is 0 Å². The minimum atomic E-state index is 0. The summed E-state index contributed by atoms with van der Waals surface area (Å²) in [6.45, 7) is 0. The summed E-state index contributed by atoms with van der Waals surface area (Å²) in [6, 6.07) is 28.1. The summed E-state index contributed by atoms with van der Waals surface area (Å²) in [5, 5.41) is 5.26. The van der Waals surface area contributed by atoms with Gasteiger partial charge in [0.05, 0.1) is 0 Å². The molecule has 0 aliphatic heterocycles. The van der Waals surface area contributed by atoms with E-state index in [2.05, 4.69) is 78.9 Å². The predicted octanol–water partition coefficient (Wildman–Crippen LogP) is 5.38. The Balaban J connectivity index is 0.00000121. The fourth-order valence-corrected chi connectivity index (χ4v) is 2.86. The van der Waals surface area contributed by atoms with Gasteiger partial charge in [-0.25, -0.2) is 0 Å². The van der Waals surface area contributed by atoms with Crippen LogP contribution in [0.2, 0.25) is 0 Å². The maximum Gasteiger partial charge on any atom is 0 e. The van der Waals surface area contributed by atoms with Crippen LogP contribution in [-0.2, 0) is 26.2 Å². The van der Waals surface area contributed by atoms with E-state index in [1.165, 1.54) is 32.7 Å². The molecular weight excluding hydrogens is 319 g/mol. The van der Waals surface area contributed by atoms with Crippen molar-refractivity contribution in [2.75, 3.05) is 0 Å². The summed E-state index contributed by atoms with van der Waals surface area (Å²) in [6.07, 6.45) is 0. The first kappa shape index (κ1) is 13.4. The molecule has 4 rings (SSSR count). The number of benzene rings is 3. The largest absolute Gasteiger partial charge is 0.168 e. The molecule has 94 valence electrons. The van der Waals surface area contributed by atoms with Gasteiger partial charge in [0.25, 0.3) is 0 Å². The van der Waals surface area contributed by atoms with Crippen LogP contribution in [0.5, 0.6) is 0 Å². The van der Waals surface area contributed by atoms with Crippen molar-refractivity contribution in [3.05, 3.63) is 78.9 Å². The first-order valence-electron chi connectivity index (χ1n) is 6.56. The van der Waals surface area contributed by atoms with Crippen LogP contribution in [0.25, 0.3) is 32.7 Å². The molecular formula is C19H13Zr-. The van der Waals surface area contributed by atoms with E-state index in [1.807, 2.05) is 0 Å². The molecule has 0 fully saturated rings. The van der Waals surface area contributed by atoms with Gasteiger partial charge >= 0.3 is 0 Å². The second-order valence-corrected chi connectivity index (χ2v) is 4.86. The van der Waals surface area contributed by atoms with Crippen molar-refractivity contribution in [1.82, 2.24) is 0 Å². The first-order chi connectivity index (χ1) is 9.43. The van der Waals surface area contributed by atoms with Crippen LogP contribution < -0.4 is 0 Å². The van der Waals surface area contributed by atoms with E-state index in [-0.39, 0.29) is 26.2 Å². The zero-order chi connectivity index (χ0) is 12.7. The van der Waals surface area contributed by atoms with Gasteiger partial charge < -0.3 is 0 Å². The Kier molecular flexibility index (Phi) is 3.63. The van der Waals surface area contributed by atoms with E-state index < -0.39 is 0 Å². The van der Waals surface area contributed by atoms with E-state index in [0.717, 1.165) is 0 Å². The van der Waals surface area contributed by atoms with E-state index in [9.17, 15) is 0 Å². The summed E-state index contributed by atoms with van der Waals surface area (Å²) in [5.41, 5.74) is 2.63. The standard InChI is InChI=1S/C19H13.Zr/c1-2-10-16-14(6-1)8-4-12-18(16)19-13-5-9-15-7-3-11-17(15)19;/h1-13H;/q-1;. The van der Waals surface area contributed by atoms with Crippen molar-refractivity contribution in [3.8, 4) is 11.1 Å². The van der Waals surface area contributed by atoms with Gasteiger partial charge in [-0.05, 0) is 16.3 Å². The maximum absolute atomic E-state index is 2.21. The molecule has 4 aromatic carbocycles. The average molecular weight is 333 g/mol. The zero-order valence-electron chi connectivity index (χ0n) is 11.0. The molecule has 0 atom stereocenters. The summed E-state index contributed by atoms with van der Waals surface area (Å²) in [5.74, 6) is 0. The number of fused-ring (bicyclic) bond motifs is 2. The Morgan fingerprint density at radius 1 is 0.600 bits per heavy atom. The third-order valence-electron chi connectivity index (χ3n) is 3.76. The first-order valence-corrected chi connectivity index (χ1v) is 6.56. The van der Waals surface area contributed by atoms with Crippen LogP contribution in [0, 0.1) is 0 Å². The van der Waals surface area contributed by atoms with Gasteiger partial charge in [-0.2, -0.15) is 12.1 Å². The smallest absolute Gasteiger partial charge is 0 e. The van der Waals surface area contributed by atoms with E-state index >= 15 is 0 Å². The van der Waals surface area contributed by atoms with E-state index in [4.69, 9.17) is 0 Å². The monoisotopic (exact) mass is 331 g/mol.